The smallest absolute Gasteiger partial charge is 0.248 e. The van der Waals surface area contributed by atoms with Crippen molar-refractivity contribution in [1.29, 1.82) is 0 Å². The topological polar surface area (TPSA) is 67.0 Å². The molecule has 0 saturated heterocycles. The van der Waals surface area contributed by atoms with Crippen LogP contribution in [0.15, 0.2) is 70.4 Å². The number of hydrogen-bond donors (Lipinski definition) is 1. The third-order valence-corrected chi connectivity index (χ3v) is 4.77. The molecule has 0 bridgehead atoms. The van der Waals surface area contributed by atoms with E-state index in [1.807, 2.05) is 0 Å². The number of hydrogen-bond acceptors (Lipinski definition) is 3. The molecule has 0 aliphatic rings. The molecule has 0 saturated carbocycles. The summed E-state index contributed by atoms with van der Waals surface area (Å²) in [6.45, 7) is 0. The van der Waals surface area contributed by atoms with Crippen LogP contribution in [0.5, 0.6) is 0 Å². The van der Waals surface area contributed by atoms with E-state index in [9.17, 15) is 17.6 Å². The fourth-order valence-electron chi connectivity index (χ4n) is 2.44. The Balaban J connectivity index is 2.15. The molecule has 1 aromatic heterocycles. The van der Waals surface area contributed by atoms with Crippen LogP contribution < -0.4 is 5.56 Å². The molecule has 3 rings (SSSR count). The second-order valence-electron chi connectivity index (χ2n) is 5.41. The zero-order valence-corrected chi connectivity index (χ0v) is 13.6. The molecule has 0 aliphatic heterocycles. The van der Waals surface area contributed by atoms with Gasteiger partial charge in [-0.25, -0.2) is 12.8 Å². The minimum absolute atomic E-state index is 0.221. The normalized spacial score (nSPS) is 11.4. The quantitative estimate of drug-likeness (QED) is 0.794. The maximum absolute atomic E-state index is 13.1. The standard InChI is InChI=1S/C18H14FNO3S/c1-24(22,23)15-8-4-12(5-9-15)16-10-11-17(21)20-18(16)13-2-6-14(19)7-3-13/h2-11H,1H3,(H,20,21). The van der Waals surface area contributed by atoms with E-state index in [1.54, 1.807) is 30.3 Å². The molecule has 1 heterocycles. The number of benzene rings is 2. The van der Waals surface area contributed by atoms with Crippen LogP contribution in [0.2, 0.25) is 0 Å². The number of aromatic amines is 1. The number of sulfone groups is 1. The Labute approximate surface area is 138 Å². The highest BCUT2D eigenvalue weighted by Gasteiger charge is 2.11. The van der Waals surface area contributed by atoms with E-state index >= 15 is 0 Å². The SMILES string of the molecule is CS(=O)(=O)c1ccc(-c2ccc(=O)[nH]c2-c2ccc(F)cc2)cc1. The highest BCUT2D eigenvalue weighted by atomic mass is 32.2. The summed E-state index contributed by atoms with van der Waals surface area (Å²) >= 11 is 0. The summed E-state index contributed by atoms with van der Waals surface area (Å²) in [4.78, 5) is 14.7. The van der Waals surface area contributed by atoms with Gasteiger partial charge in [-0.15, -0.1) is 0 Å². The highest BCUT2D eigenvalue weighted by molar-refractivity contribution is 7.90. The third-order valence-electron chi connectivity index (χ3n) is 3.65. The molecule has 0 radical (unpaired) electrons. The van der Waals surface area contributed by atoms with Crippen molar-refractivity contribution in [2.24, 2.45) is 0 Å². The molecule has 4 nitrogen and oxygen atoms in total. The summed E-state index contributed by atoms with van der Waals surface area (Å²) < 4.78 is 36.3. The first-order chi connectivity index (χ1) is 11.3. The summed E-state index contributed by atoms with van der Waals surface area (Å²) in [5.41, 5.74) is 2.41. The van der Waals surface area contributed by atoms with E-state index in [0.29, 0.717) is 11.3 Å². The van der Waals surface area contributed by atoms with E-state index in [4.69, 9.17) is 0 Å². The molecule has 122 valence electrons. The minimum Gasteiger partial charge on any atom is -0.321 e. The largest absolute Gasteiger partial charge is 0.321 e. The van der Waals surface area contributed by atoms with Gasteiger partial charge in [0.05, 0.1) is 10.6 Å². The zero-order valence-electron chi connectivity index (χ0n) is 12.8. The summed E-state index contributed by atoms with van der Waals surface area (Å²) in [5, 5.41) is 0. The van der Waals surface area contributed by atoms with Crippen molar-refractivity contribution in [3.05, 3.63) is 76.8 Å². The lowest BCUT2D eigenvalue weighted by Gasteiger charge is -2.10. The van der Waals surface area contributed by atoms with Crippen LogP contribution in [0.4, 0.5) is 4.39 Å². The Morgan fingerprint density at radius 2 is 1.42 bits per heavy atom. The Morgan fingerprint density at radius 1 is 0.833 bits per heavy atom. The molecular weight excluding hydrogens is 329 g/mol. The van der Waals surface area contributed by atoms with Crippen molar-refractivity contribution in [2.45, 2.75) is 4.90 Å². The van der Waals surface area contributed by atoms with Crippen molar-refractivity contribution in [3.63, 3.8) is 0 Å². The van der Waals surface area contributed by atoms with Crippen LogP contribution in [0.25, 0.3) is 22.4 Å². The molecule has 2 aromatic carbocycles. The van der Waals surface area contributed by atoms with Gasteiger partial charge in [0, 0.05) is 17.9 Å². The lowest BCUT2D eigenvalue weighted by molar-refractivity contribution is 0.602. The van der Waals surface area contributed by atoms with E-state index < -0.39 is 9.84 Å². The molecule has 0 aliphatic carbocycles. The summed E-state index contributed by atoms with van der Waals surface area (Å²) in [5.74, 6) is -0.365. The predicted molar refractivity (Wildman–Crippen MR) is 91.0 cm³/mol. The van der Waals surface area contributed by atoms with Gasteiger partial charge in [-0.2, -0.15) is 0 Å². The first-order valence-corrected chi connectivity index (χ1v) is 9.03. The van der Waals surface area contributed by atoms with Gasteiger partial charge in [0.2, 0.25) is 5.56 Å². The summed E-state index contributed by atoms with van der Waals surface area (Å²) in [7, 11) is -3.28. The van der Waals surface area contributed by atoms with E-state index in [1.165, 1.54) is 30.3 Å². The van der Waals surface area contributed by atoms with Gasteiger partial charge in [-0.05, 0) is 53.6 Å². The van der Waals surface area contributed by atoms with Gasteiger partial charge in [-0.3, -0.25) is 4.79 Å². The molecular formula is C18H14FNO3S. The molecule has 3 aromatic rings. The number of nitrogens with one attached hydrogen (secondary N) is 1. The maximum atomic E-state index is 13.1. The summed E-state index contributed by atoms with van der Waals surface area (Å²) in [6.07, 6.45) is 1.14. The predicted octanol–water partition coefficient (Wildman–Crippen LogP) is 3.25. The van der Waals surface area contributed by atoms with Gasteiger partial charge in [0.25, 0.3) is 0 Å². The highest BCUT2D eigenvalue weighted by Crippen LogP contribution is 2.30. The minimum atomic E-state index is -3.28. The van der Waals surface area contributed by atoms with Crippen molar-refractivity contribution in [3.8, 4) is 22.4 Å². The van der Waals surface area contributed by atoms with Crippen LogP contribution in [0, 0.1) is 5.82 Å². The van der Waals surface area contributed by atoms with Crippen LogP contribution in [-0.2, 0) is 9.84 Å². The van der Waals surface area contributed by atoms with Gasteiger partial charge in [0.15, 0.2) is 9.84 Å². The Morgan fingerprint density at radius 3 is 2.00 bits per heavy atom. The van der Waals surface area contributed by atoms with Crippen molar-refractivity contribution in [2.75, 3.05) is 6.26 Å². The van der Waals surface area contributed by atoms with Gasteiger partial charge in [-0.1, -0.05) is 12.1 Å². The number of H-pyrrole nitrogens is 1. The average Bonchev–Trinajstić information content (AvgIpc) is 2.55. The molecule has 24 heavy (non-hydrogen) atoms. The molecule has 0 unspecified atom stereocenters. The van der Waals surface area contributed by atoms with Crippen LogP contribution in [-0.4, -0.2) is 19.7 Å². The van der Waals surface area contributed by atoms with Crippen molar-refractivity contribution in [1.82, 2.24) is 4.98 Å². The first-order valence-electron chi connectivity index (χ1n) is 7.14. The van der Waals surface area contributed by atoms with Crippen molar-refractivity contribution >= 4 is 9.84 Å². The molecule has 0 spiro atoms. The lowest BCUT2D eigenvalue weighted by atomic mass is 9.99. The molecule has 1 N–H and O–H groups in total. The lowest BCUT2D eigenvalue weighted by Crippen LogP contribution is -2.06. The van der Waals surface area contributed by atoms with Crippen molar-refractivity contribution < 1.29 is 12.8 Å². The van der Waals surface area contributed by atoms with E-state index in [-0.39, 0.29) is 16.3 Å². The van der Waals surface area contributed by atoms with Crippen LogP contribution in [0.1, 0.15) is 0 Å². The zero-order chi connectivity index (χ0) is 17.3. The fourth-order valence-corrected chi connectivity index (χ4v) is 3.07. The van der Waals surface area contributed by atoms with E-state index in [0.717, 1.165) is 17.4 Å². The number of halogens is 1. The molecule has 0 fully saturated rings. The number of aromatic nitrogens is 1. The van der Waals surface area contributed by atoms with Crippen LogP contribution >= 0.6 is 0 Å². The second-order valence-corrected chi connectivity index (χ2v) is 7.43. The van der Waals surface area contributed by atoms with E-state index in [2.05, 4.69) is 4.98 Å². The van der Waals surface area contributed by atoms with Gasteiger partial charge in [0.1, 0.15) is 5.82 Å². The fraction of sp³-hybridized carbons (Fsp3) is 0.0556. The molecule has 0 atom stereocenters. The Hall–Kier alpha value is -2.73. The Kier molecular flexibility index (Phi) is 4.07. The van der Waals surface area contributed by atoms with Crippen LogP contribution in [0.3, 0.4) is 0 Å². The van der Waals surface area contributed by atoms with Gasteiger partial charge < -0.3 is 4.98 Å². The first kappa shape index (κ1) is 16.1. The van der Waals surface area contributed by atoms with Gasteiger partial charge >= 0.3 is 0 Å². The average molecular weight is 343 g/mol. The maximum Gasteiger partial charge on any atom is 0.248 e. The number of rotatable bonds is 3. The number of pyridine rings is 1. The molecule has 0 amide bonds. The monoisotopic (exact) mass is 343 g/mol. The third kappa shape index (κ3) is 3.28. The summed E-state index contributed by atoms with van der Waals surface area (Å²) in [6, 6.07) is 15.2. The molecule has 6 heteroatoms. The Bertz CT molecular complexity index is 1040. The second kappa shape index (κ2) is 6.05.